The van der Waals surface area contributed by atoms with Gasteiger partial charge in [-0.2, -0.15) is 0 Å². The van der Waals surface area contributed by atoms with Gasteiger partial charge in [-0.3, -0.25) is 14.4 Å². The average molecular weight is 443 g/mol. The third kappa shape index (κ3) is 5.75. The number of nitrogens with zero attached hydrogens (tertiary/aromatic N) is 1. The molecule has 2 N–H and O–H groups in total. The Morgan fingerprint density at radius 3 is 2.38 bits per heavy atom. The Kier molecular flexibility index (Phi) is 7.64. The lowest BCUT2D eigenvalue weighted by Gasteiger charge is -2.31. The Balaban J connectivity index is 1.58. The van der Waals surface area contributed by atoms with Crippen molar-refractivity contribution in [3.63, 3.8) is 0 Å². The maximum Gasteiger partial charge on any atom is 0.262 e. The van der Waals surface area contributed by atoms with Gasteiger partial charge in [0.25, 0.3) is 11.8 Å². The molecule has 1 saturated heterocycles. The standard InChI is InChI=1S/C23H26FN3O5/c1-25-22(29)15-9-11-27(12-10-15)23(30)16-3-8-19(20(13-16)31-2)32-14-21(28)26-18-6-4-17(24)5-7-18/h3-8,13,15H,9-12,14H2,1-2H3,(H,25,29)(H,26,28). The number of hydrogen-bond acceptors (Lipinski definition) is 5. The molecule has 2 aromatic carbocycles. The fourth-order valence-electron chi connectivity index (χ4n) is 3.52. The number of anilines is 1. The number of methoxy groups -OCH3 is 1. The molecule has 1 heterocycles. The van der Waals surface area contributed by atoms with E-state index in [-0.39, 0.29) is 24.3 Å². The lowest BCUT2D eigenvalue weighted by molar-refractivity contribution is -0.125. The van der Waals surface area contributed by atoms with Crippen molar-refractivity contribution in [1.29, 1.82) is 0 Å². The number of amides is 3. The van der Waals surface area contributed by atoms with Crippen molar-refractivity contribution in [3.05, 3.63) is 53.8 Å². The second-order valence-electron chi connectivity index (χ2n) is 7.39. The summed E-state index contributed by atoms with van der Waals surface area (Å²) in [4.78, 5) is 38.4. The van der Waals surface area contributed by atoms with E-state index in [1.54, 1.807) is 30.1 Å². The highest BCUT2D eigenvalue weighted by Gasteiger charge is 2.27. The first-order valence-corrected chi connectivity index (χ1v) is 10.3. The Morgan fingerprint density at radius 1 is 1.06 bits per heavy atom. The van der Waals surface area contributed by atoms with Gasteiger partial charge in [-0.25, -0.2) is 4.39 Å². The summed E-state index contributed by atoms with van der Waals surface area (Å²) in [6.07, 6.45) is 1.24. The minimum Gasteiger partial charge on any atom is -0.493 e. The van der Waals surface area contributed by atoms with E-state index in [1.807, 2.05) is 0 Å². The van der Waals surface area contributed by atoms with Gasteiger partial charge in [-0.1, -0.05) is 0 Å². The first-order chi connectivity index (χ1) is 15.4. The largest absolute Gasteiger partial charge is 0.493 e. The number of carbonyl (C=O) groups is 3. The zero-order valence-corrected chi connectivity index (χ0v) is 18.0. The summed E-state index contributed by atoms with van der Waals surface area (Å²) in [6, 6.07) is 10.2. The Bertz CT molecular complexity index is 972. The zero-order chi connectivity index (χ0) is 23.1. The van der Waals surface area contributed by atoms with E-state index in [4.69, 9.17) is 9.47 Å². The summed E-state index contributed by atoms with van der Waals surface area (Å²) < 4.78 is 23.8. The smallest absolute Gasteiger partial charge is 0.262 e. The van der Waals surface area contributed by atoms with Crippen LogP contribution in [-0.4, -0.2) is 56.5 Å². The van der Waals surface area contributed by atoms with Crippen LogP contribution in [0.5, 0.6) is 11.5 Å². The van der Waals surface area contributed by atoms with Crippen molar-refractivity contribution in [2.24, 2.45) is 5.92 Å². The number of hydrogen-bond donors (Lipinski definition) is 2. The van der Waals surface area contributed by atoms with Gasteiger partial charge in [0, 0.05) is 37.3 Å². The first-order valence-electron chi connectivity index (χ1n) is 10.3. The summed E-state index contributed by atoms with van der Waals surface area (Å²) in [5.74, 6) is -0.395. The van der Waals surface area contributed by atoms with Crippen LogP contribution in [0.4, 0.5) is 10.1 Å². The summed E-state index contributed by atoms with van der Waals surface area (Å²) in [5.41, 5.74) is 0.886. The number of likely N-dealkylation sites (tertiary alicyclic amines) is 1. The van der Waals surface area contributed by atoms with Crippen LogP contribution in [0.15, 0.2) is 42.5 Å². The van der Waals surface area contributed by atoms with Crippen LogP contribution >= 0.6 is 0 Å². The summed E-state index contributed by atoms with van der Waals surface area (Å²) >= 11 is 0. The normalized spacial score (nSPS) is 13.9. The third-order valence-corrected chi connectivity index (χ3v) is 5.30. The second kappa shape index (κ2) is 10.6. The van der Waals surface area contributed by atoms with E-state index in [2.05, 4.69) is 10.6 Å². The third-order valence-electron chi connectivity index (χ3n) is 5.30. The molecule has 1 aliphatic heterocycles. The maximum absolute atomic E-state index is 13.0. The molecule has 3 amide bonds. The van der Waals surface area contributed by atoms with Gasteiger partial charge < -0.3 is 25.0 Å². The van der Waals surface area contributed by atoms with Crippen LogP contribution in [0.25, 0.3) is 0 Å². The molecule has 0 aliphatic carbocycles. The van der Waals surface area contributed by atoms with Crippen LogP contribution < -0.4 is 20.1 Å². The highest BCUT2D eigenvalue weighted by molar-refractivity contribution is 5.95. The molecule has 170 valence electrons. The monoisotopic (exact) mass is 443 g/mol. The molecule has 0 atom stereocenters. The fraction of sp³-hybridized carbons (Fsp3) is 0.348. The quantitative estimate of drug-likeness (QED) is 0.685. The van der Waals surface area contributed by atoms with Gasteiger partial charge in [0.2, 0.25) is 5.91 Å². The number of halogens is 1. The highest BCUT2D eigenvalue weighted by Crippen LogP contribution is 2.29. The van der Waals surface area contributed by atoms with E-state index in [1.165, 1.54) is 31.4 Å². The van der Waals surface area contributed by atoms with Gasteiger partial charge in [0.05, 0.1) is 7.11 Å². The molecule has 0 saturated carbocycles. The summed E-state index contributed by atoms with van der Waals surface area (Å²) in [5, 5.41) is 5.26. The molecule has 2 aromatic rings. The van der Waals surface area contributed by atoms with Crippen molar-refractivity contribution < 1.29 is 28.2 Å². The molecule has 3 rings (SSSR count). The number of piperidine rings is 1. The molecule has 1 fully saturated rings. The summed E-state index contributed by atoms with van der Waals surface area (Å²) in [7, 11) is 3.06. The van der Waals surface area contributed by atoms with E-state index < -0.39 is 11.7 Å². The lowest BCUT2D eigenvalue weighted by atomic mass is 9.95. The molecule has 8 nitrogen and oxygen atoms in total. The van der Waals surface area contributed by atoms with Crippen LogP contribution in [0.2, 0.25) is 0 Å². The first kappa shape index (κ1) is 23.1. The number of benzene rings is 2. The molecular formula is C23H26FN3O5. The molecule has 0 unspecified atom stereocenters. The number of ether oxygens (including phenoxy) is 2. The number of rotatable bonds is 7. The van der Waals surface area contributed by atoms with Crippen LogP contribution in [0.1, 0.15) is 23.2 Å². The Labute approximate surface area is 185 Å². The van der Waals surface area contributed by atoms with E-state index in [0.717, 1.165) is 0 Å². The predicted octanol–water partition coefficient (Wildman–Crippen LogP) is 2.45. The van der Waals surface area contributed by atoms with Gasteiger partial charge >= 0.3 is 0 Å². The molecule has 32 heavy (non-hydrogen) atoms. The lowest BCUT2D eigenvalue weighted by Crippen LogP contribution is -2.42. The minimum atomic E-state index is -0.419. The van der Waals surface area contributed by atoms with E-state index >= 15 is 0 Å². The number of nitrogens with one attached hydrogen (secondary N) is 2. The molecule has 0 radical (unpaired) electrons. The van der Waals surface area contributed by atoms with Crippen molar-refractivity contribution >= 4 is 23.4 Å². The van der Waals surface area contributed by atoms with Gasteiger partial charge in [0.15, 0.2) is 18.1 Å². The van der Waals surface area contributed by atoms with E-state index in [9.17, 15) is 18.8 Å². The Hall–Kier alpha value is -3.62. The summed E-state index contributed by atoms with van der Waals surface area (Å²) in [6.45, 7) is 0.718. The van der Waals surface area contributed by atoms with Crippen LogP contribution in [0, 0.1) is 11.7 Å². The van der Waals surface area contributed by atoms with Gasteiger partial charge in [-0.05, 0) is 55.3 Å². The molecular weight excluding hydrogens is 417 g/mol. The van der Waals surface area contributed by atoms with Gasteiger partial charge in [-0.15, -0.1) is 0 Å². The van der Waals surface area contributed by atoms with Crippen molar-refractivity contribution in [2.45, 2.75) is 12.8 Å². The van der Waals surface area contributed by atoms with Crippen molar-refractivity contribution in [2.75, 3.05) is 39.2 Å². The van der Waals surface area contributed by atoms with Crippen LogP contribution in [0.3, 0.4) is 0 Å². The topological polar surface area (TPSA) is 97.0 Å². The SMILES string of the molecule is CNC(=O)C1CCN(C(=O)c2ccc(OCC(=O)Nc3ccc(F)cc3)c(OC)c2)CC1. The second-order valence-corrected chi connectivity index (χ2v) is 7.39. The van der Waals surface area contributed by atoms with Gasteiger partial charge in [0.1, 0.15) is 5.82 Å². The molecule has 1 aliphatic rings. The highest BCUT2D eigenvalue weighted by atomic mass is 19.1. The molecule has 0 bridgehead atoms. The Morgan fingerprint density at radius 2 is 1.75 bits per heavy atom. The fourth-order valence-corrected chi connectivity index (χ4v) is 3.52. The molecule has 0 spiro atoms. The van der Waals surface area contributed by atoms with Crippen molar-refractivity contribution in [1.82, 2.24) is 10.2 Å². The van der Waals surface area contributed by atoms with Crippen molar-refractivity contribution in [3.8, 4) is 11.5 Å². The molecule has 9 heteroatoms. The predicted molar refractivity (Wildman–Crippen MR) is 116 cm³/mol. The van der Waals surface area contributed by atoms with Crippen LogP contribution in [-0.2, 0) is 9.59 Å². The molecule has 0 aromatic heterocycles. The minimum absolute atomic E-state index is 0.00346. The zero-order valence-electron chi connectivity index (χ0n) is 18.0. The number of carbonyl (C=O) groups excluding carboxylic acids is 3. The maximum atomic E-state index is 13.0. The van der Waals surface area contributed by atoms with E-state index in [0.29, 0.717) is 48.7 Å². The average Bonchev–Trinajstić information content (AvgIpc) is 2.83.